The molecule has 0 aliphatic carbocycles. The predicted molar refractivity (Wildman–Crippen MR) is 65.1 cm³/mol. The third kappa shape index (κ3) is 4.12. The molecule has 15 heavy (non-hydrogen) atoms. The molecular formula is C13H27NO. The minimum atomic E-state index is 0.509. The van der Waals surface area contributed by atoms with Gasteiger partial charge in [-0.1, -0.05) is 27.2 Å². The lowest BCUT2D eigenvalue weighted by atomic mass is 9.89. The fraction of sp³-hybridized carbons (Fsp3) is 1.00. The van der Waals surface area contributed by atoms with Crippen LogP contribution in [0.5, 0.6) is 0 Å². The van der Waals surface area contributed by atoms with Crippen LogP contribution in [0, 0.1) is 11.8 Å². The SMILES string of the molecule is CCCNCC1CCOC1C(C)CCC. The highest BCUT2D eigenvalue weighted by molar-refractivity contribution is 4.81. The maximum atomic E-state index is 5.87. The second-order valence-electron chi connectivity index (χ2n) is 4.85. The Kier molecular flexibility index (Phi) is 6.26. The van der Waals surface area contributed by atoms with Crippen molar-refractivity contribution in [2.24, 2.45) is 11.8 Å². The number of rotatable bonds is 7. The van der Waals surface area contributed by atoms with Crippen molar-refractivity contribution in [3.8, 4) is 0 Å². The van der Waals surface area contributed by atoms with E-state index in [1.54, 1.807) is 0 Å². The van der Waals surface area contributed by atoms with Crippen LogP contribution >= 0.6 is 0 Å². The summed E-state index contributed by atoms with van der Waals surface area (Å²) in [6.45, 7) is 10.1. The van der Waals surface area contributed by atoms with E-state index in [4.69, 9.17) is 4.74 Å². The van der Waals surface area contributed by atoms with Crippen LogP contribution in [0.2, 0.25) is 0 Å². The van der Waals surface area contributed by atoms with Crippen LogP contribution in [-0.2, 0) is 4.74 Å². The van der Waals surface area contributed by atoms with E-state index in [9.17, 15) is 0 Å². The second kappa shape index (κ2) is 7.24. The molecule has 1 saturated heterocycles. The highest BCUT2D eigenvalue weighted by Gasteiger charge is 2.31. The van der Waals surface area contributed by atoms with Crippen LogP contribution in [0.15, 0.2) is 0 Å². The van der Waals surface area contributed by atoms with Crippen molar-refractivity contribution in [3.05, 3.63) is 0 Å². The van der Waals surface area contributed by atoms with Crippen molar-refractivity contribution in [2.45, 2.75) is 52.6 Å². The molecule has 1 aliphatic heterocycles. The molecule has 0 radical (unpaired) electrons. The maximum Gasteiger partial charge on any atom is 0.0641 e. The quantitative estimate of drug-likeness (QED) is 0.657. The number of hydrogen-bond acceptors (Lipinski definition) is 2. The van der Waals surface area contributed by atoms with E-state index >= 15 is 0 Å². The highest BCUT2D eigenvalue weighted by Crippen LogP contribution is 2.28. The van der Waals surface area contributed by atoms with Crippen LogP contribution in [0.3, 0.4) is 0 Å². The van der Waals surface area contributed by atoms with Gasteiger partial charge in [0.25, 0.3) is 0 Å². The van der Waals surface area contributed by atoms with Crippen LogP contribution < -0.4 is 5.32 Å². The van der Waals surface area contributed by atoms with Gasteiger partial charge >= 0.3 is 0 Å². The maximum absolute atomic E-state index is 5.87. The molecule has 1 heterocycles. The predicted octanol–water partition coefficient (Wildman–Crippen LogP) is 2.83. The van der Waals surface area contributed by atoms with Gasteiger partial charge in [-0.2, -0.15) is 0 Å². The van der Waals surface area contributed by atoms with Crippen LogP contribution in [0.4, 0.5) is 0 Å². The summed E-state index contributed by atoms with van der Waals surface area (Å²) in [4.78, 5) is 0. The van der Waals surface area contributed by atoms with Crippen molar-refractivity contribution < 1.29 is 4.74 Å². The Balaban J connectivity index is 2.28. The Morgan fingerprint density at radius 1 is 1.33 bits per heavy atom. The van der Waals surface area contributed by atoms with Crippen molar-refractivity contribution in [3.63, 3.8) is 0 Å². The smallest absolute Gasteiger partial charge is 0.0641 e. The third-order valence-corrected chi connectivity index (χ3v) is 3.40. The van der Waals surface area contributed by atoms with E-state index in [1.165, 1.54) is 25.7 Å². The van der Waals surface area contributed by atoms with Gasteiger partial charge in [-0.15, -0.1) is 0 Å². The standard InChI is InChI=1S/C13H27NO/c1-4-6-11(3)13-12(7-9-15-13)10-14-8-5-2/h11-14H,4-10H2,1-3H3. The second-order valence-corrected chi connectivity index (χ2v) is 4.85. The largest absolute Gasteiger partial charge is 0.378 e. The lowest BCUT2D eigenvalue weighted by Gasteiger charge is -2.24. The Morgan fingerprint density at radius 2 is 2.13 bits per heavy atom. The molecule has 2 nitrogen and oxygen atoms in total. The Bertz CT molecular complexity index is 161. The van der Waals surface area contributed by atoms with Gasteiger partial charge in [0.1, 0.15) is 0 Å². The van der Waals surface area contributed by atoms with Gasteiger partial charge in [0, 0.05) is 13.2 Å². The van der Waals surface area contributed by atoms with Gasteiger partial charge in [-0.25, -0.2) is 0 Å². The number of ether oxygens (including phenoxy) is 1. The monoisotopic (exact) mass is 213 g/mol. The van der Waals surface area contributed by atoms with Crippen molar-refractivity contribution in [2.75, 3.05) is 19.7 Å². The molecule has 90 valence electrons. The first-order chi connectivity index (χ1) is 7.29. The van der Waals surface area contributed by atoms with E-state index in [1.807, 2.05) is 0 Å². The lowest BCUT2D eigenvalue weighted by Crippen LogP contribution is -2.32. The van der Waals surface area contributed by atoms with Gasteiger partial charge < -0.3 is 10.1 Å². The summed E-state index contributed by atoms with van der Waals surface area (Å²) in [7, 11) is 0. The first-order valence-electron chi connectivity index (χ1n) is 6.61. The van der Waals surface area contributed by atoms with Gasteiger partial charge in [0.15, 0.2) is 0 Å². The van der Waals surface area contributed by atoms with Crippen molar-refractivity contribution >= 4 is 0 Å². The molecule has 1 rings (SSSR count). The Hall–Kier alpha value is -0.0800. The van der Waals surface area contributed by atoms with Gasteiger partial charge in [0.05, 0.1) is 6.10 Å². The zero-order valence-corrected chi connectivity index (χ0v) is 10.6. The van der Waals surface area contributed by atoms with Crippen molar-refractivity contribution in [1.29, 1.82) is 0 Å². The molecule has 0 saturated carbocycles. The van der Waals surface area contributed by atoms with Crippen LogP contribution in [0.25, 0.3) is 0 Å². The molecule has 0 aromatic carbocycles. The molecule has 0 aromatic rings. The molecule has 0 aromatic heterocycles. The summed E-state index contributed by atoms with van der Waals surface area (Å²) in [6, 6.07) is 0. The van der Waals surface area contributed by atoms with Gasteiger partial charge in [0.2, 0.25) is 0 Å². The first-order valence-corrected chi connectivity index (χ1v) is 6.61. The summed E-state index contributed by atoms with van der Waals surface area (Å²) in [6.07, 6.45) is 5.55. The zero-order valence-electron chi connectivity index (χ0n) is 10.6. The topological polar surface area (TPSA) is 21.3 Å². The average molecular weight is 213 g/mol. The molecule has 1 aliphatic rings. The van der Waals surface area contributed by atoms with Gasteiger partial charge in [-0.3, -0.25) is 0 Å². The van der Waals surface area contributed by atoms with E-state index in [0.717, 1.165) is 31.5 Å². The first kappa shape index (κ1) is 13.0. The summed E-state index contributed by atoms with van der Waals surface area (Å²) in [5, 5.41) is 3.52. The van der Waals surface area contributed by atoms with Gasteiger partial charge in [-0.05, 0) is 37.6 Å². The molecule has 2 heteroatoms. The lowest BCUT2D eigenvalue weighted by molar-refractivity contribution is 0.0445. The molecule has 1 N–H and O–H groups in total. The van der Waals surface area contributed by atoms with E-state index in [-0.39, 0.29) is 0 Å². The molecular weight excluding hydrogens is 186 g/mol. The van der Waals surface area contributed by atoms with Crippen molar-refractivity contribution in [1.82, 2.24) is 5.32 Å². The fourth-order valence-corrected chi connectivity index (χ4v) is 2.59. The number of hydrogen-bond donors (Lipinski definition) is 1. The zero-order chi connectivity index (χ0) is 11.1. The third-order valence-electron chi connectivity index (χ3n) is 3.40. The molecule has 0 bridgehead atoms. The highest BCUT2D eigenvalue weighted by atomic mass is 16.5. The molecule has 0 spiro atoms. The van der Waals surface area contributed by atoms with Crippen LogP contribution in [-0.4, -0.2) is 25.8 Å². The normalized spacial score (nSPS) is 28.2. The minimum absolute atomic E-state index is 0.509. The van der Waals surface area contributed by atoms with Crippen LogP contribution in [0.1, 0.15) is 46.5 Å². The number of nitrogens with one attached hydrogen (secondary N) is 1. The summed E-state index contributed by atoms with van der Waals surface area (Å²) >= 11 is 0. The summed E-state index contributed by atoms with van der Waals surface area (Å²) < 4.78 is 5.87. The molecule has 3 unspecified atom stereocenters. The molecule has 0 amide bonds. The minimum Gasteiger partial charge on any atom is -0.378 e. The van der Waals surface area contributed by atoms with E-state index < -0.39 is 0 Å². The van der Waals surface area contributed by atoms with E-state index in [2.05, 4.69) is 26.1 Å². The average Bonchev–Trinajstić information content (AvgIpc) is 2.67. The molecule has 3 atom stereocenters. The summed E-state index contributed by atoms with van der Waals surface area (Å²) in [5.41, 5.74) is 0. The fourth-order valence-electron chi connectivity index (χ4n) is 2.59. The Morgan fingerprint density at radius 3 is 2.80 bits per heavy atom. The molecule has 1 fully saturated rings. The Labute approximate surface area is 94.8 Å². The summed E-state index contributed by atoms with van der Waals surface area (Å²) in [5.74, 6) is 1.48. The van der Waals surface area contributed by atoms with E-state index in [0.29, 0.717) is 6.10 Å².